The maximum atomic E-state index is 10.8. The Balaban J connectivity index is 2.54. The first-order valence-electron chi connectivity index (χ1n) is 6.63. The molecule has 1 aromatic carbocycles. The van der Waals surface area contributed by atoms with Gasteiger partial charge in [-0.25, -0.2) is 4.79 Å². The van der Waals surface area contributed by atoms with E-state index in [9.17, 15) is 15.3 Å². The van der Waals surface area contributed by atoms with E-state index in [-0.39, 0.29) is 0 Å². The summed E-state index contributed by atoms with van der Waals surface area (Å²) in [5.41, 5.74) is 2.79. The van der Waals surface area contributed by atoms with Crippen molar-refractivity contribution in [2.75, 3.05) is 5.32 Å². The Labute approximate surface area is 128 Å². The quantitative estimate of drug-likeness (QED) is 0.872. The molecule has 1 amide bonds. The summed E-state index contributed by atoms with van der Waals surface area (Å²) < 4.78 is 0. The van der Waals surface area contributed by atoms with Crippen LogP contribution in [0.3, 0.4) is 0 Å². The summed E-state index contributed by atoms with van der Waals surface area (Å²) in [7, 11) is 0. The zero-order valence-corrected chi connectivity index (χ0v) is 12.2. The minimum absolute atomic E-state index is 0.400. The number of carbonyl (C=O) groups is 1. The minimum Gasteiger partial charge on any atom is -0.465 e. The van der Waals surface area contributed by atoms with Crippen molar-refractivity contribution in [3.05, 3.63) is 41.1 Å². The van der Waals surface area contributed by atoms with Gasteiger partial charge in [0, 0.05) is 17.3 Å². The number of anilines is 1. The second-order valence-electron chi connectivity index (χ2n) is 5.00. The van der Waals surface area contributed by atoms with Gasteiger partial charge in [0.15, 0.2) is 0 Å². The lowest BCUT2D eigenvalue weighted by atomic mass is 9.77. The molecule has 0 fully saturated rings. The van der Waals surface area contributed by atoms with Gasteiger partial charge in [0.25, 0.3) is 0 Å². The molecule has 0 spiro atoms. The van der Waals surface area contributed by atoms with Gasteiger partial charge in [-0.2, -0.15) is 10.5 Å². The molecule has 110 valence electrons. The standard InChI is InChI=1S/C16H14N4O2/c1-9-13(7-17)15(14(8-18)10(2)19-9)11-4-3-5-12(6-11)20-16(21)22/h3-6,13,15,20H,1-2H3,(H,21,22). The van der Waals surface area contributed by atoms with E-state index >= 15 is 0 Å². The number of nitriles is 2. The van der Waals surface area contributed by atoms with E-state index in [0.29, 0.717) is 28.2 Å². The fraction of sp³-hybridized carbons (Fsp3) is 0.250. The third kappa shape index (κ3) is 2.82. The number of aliphatic imine (C=N–C) groups is 1. The Morgan fingerprint density at radius 2 is 2.09 bits per heavy atom. The van der Waals surface area contributed by atoms with Gasteiger partial charge in [-0.3, -0.25) is 10.3 Å². The molecule has 0 radical (unpaired) electrons. The highest BCUT2D eigenvalue weighted by Crippen LogP contribution is 2.38. The summed E-state index contributed by atoms with van der Waals surface area (Å²) in [5.74, 6) is -0.985. The van der Waals surface area contributed by atoms with Gasteiger partial charge in [-0.15, -0.1) is 0 Å². The average Bonchev–Trinajstić information content (AvgIpc) is 2.46. The predicted molar refractivity (Wildman–Crippen MR) is 81.4 cm³/mol. The molecule has 1 heterocycles. The van der Waals surface area contributed by atoms with E-state index < -0.39 is 17.9 Å². The fourth-order valence-electron chi connectivity index (χ4n) is 2.64. The van der Waals surface area contributed by atoms with Crippen molar-refractivity contribution in [1.82, 2.24) is 0 Å². The van der Waals surface area contributed by atoms with E-state index in [4.69, 9.17) is 5.11 Å². The fourth-order valence-corrected chi connectivity index (χ4v) is 2.64. The van der Waals surface area contributed by atoms with Gasteiger partial charge >= 0.3 is 6.09 Å². The van der Waals surface area contributed by atoms with Crippen LogP contribution in [0, 0.1) is 28.6 Å². The smallest absolute Gasteiger partial charge is 0.409 e. The summed E-state index contributed by atoms with van der Waals surface area (Å²) in [6, 6.07) is 11.1. The molecule has 6 heteroatoms. The molecule has 1 aromatic rings. The summed E-state index contributed by atoms with van der Waals surface area (Å²) in [5, 5.41) is 29.9. The summed E-state index contributed by atoms with van der Waals surface area (Å²) in [6.07, 6.45) is -1.16. The van der Waals surface area contributed by atoms with Gasteiger partial charge < -0.3 is 5.11 Å². The molecule has 22 heavy (non-hydrogen) atoms. The molecular weight excluding hydrogens is 280 g/mol. The Morgan fingerprint density at radius 3 is 2.68 bits per heavy atom. The minimum atomic E-state index is -1.16. The monoisotopic (exact) mass is 294 g/mol. The van der Waals surface area contributed by atoms with Gasteiger partial charge in [0.2, 0.25) is 0 Å². The van der Waals surface area contributed by atoms with E-state index in [1.807, 2.05) is 0 Å². The van der Waals surface area contributed by atoms with Crippen molar-refractivity contribution in [1.29, 1.82) is 10.5 Å². The van der Waals surface area contributed by atoms with Crippen LogP contribution in [0.15, 0.2) is 40.5 Å². The summed E-state index contributed by atoms with van der Waals surface area (Å²) >= 11 is 0. The largest absolute Gasteiger partial charge is 0.465 e. The van der Waals surface area contributed by atoms with Crippen LogP contribution in [-0.4, -0.2) is 16.9 Å². The first-order valence-corrected chi connectivity index (χ1v) is 6.63. The third-order valence-corrected chi connectivity index (χ3v) is 3.58. The second-order valence-corrected chi connectivity index (χ2v) is 5.00. The Kier molecular flexibility index (Phi) is 4.24. The summed E-state index contributed by atoms with van der Waals surface area (Å²) in [6.45, 7) is 3.50. The highest BCUT2D eigenvalue weighted by atomic mass is 16.4. The SMILES string of the molecule is CC1=NC(C)=C(C#N)C(c2cccc(NC(=O)O)c2)C1C#N. The molecule has 0 bridgehead atoms. The lowest BCUT2D eigenvalue weighted by molar-refractivity contribution is 0.209. The van der Waals surface area contributed by atoms with Crippen LogP contribution in [0.1, 0.15) is 25.3 Å². The van der Waals surface area contributed by atoms with Crippen LogP contribution in [0.5, 0.6) is 0 Å². The molecule has 1 aliphatic rings. The van der Waals surface area contributed by atoms with Crippen molar-refractivity contribution >= 4 is 17.5 Å². The van der Waals surface area contributed by atoms with Crippen LogP contribution < -0.4 is 5.32 Å². The van der Waals surface area contributed by atoms with Crippen molar-refractivity contribution < 1.29 is 9.90 Å². The number of amides is 1. The number of allylic oxidation sites excluding steroid dienone is 2. The highest BCUT2D eigenvalue weighted by molar-refractivity contribution is 5.90. The summed E-state index contributed by atoms with van der Waals surface area (Å²) in [4.78, 5) is 15.0. The van der Waals surface area contributed by atoms with Crippen molar-refractivity contribution in [2.24, 2.45) is 10.9 Å². The number of carboxylic acid groups (broad SMARTS) is 1. The Hall–Kier alpha value is -3.12. The second kappa shape index (κ2) is 6.11. The van der Waals surface area contributed by atoms with Gasteiger partial charge in [-0.1, -0.05) is 12.1 Å². The van der Waals surface area contributed by atoms with Gasteiger partial charge in [0.1, 0.15) is 0 Å². The molecule has 0 aromatic heterocycles. The first kappa shape index (κ1) is 15.3. The molecule has 2 unspecified atom stereocenters. The number of nitrogens with zero attached hydrogens (tertiary/aromatic N) is 3. The molecule has 0 saturated heterocycles. The van der Waals surface area contributed by atoms with Gasteiger partial charge in [-0.05, 0) is 31.5 Å². The normalized spacial score (nSPS) is 20.6. The third-order valence-electron chi connectivity index (χ3n) is 3.58. The number of benzene rings is 1. The molecule has 6 nitrogen and oxygen atoms in total. The Bertz CT molecular complexity index is 765. The van der Waals surface area contributed by atoms with E-state index in [1.54, 1.807) is 38.1 Å². The topological polar surface area (TPSA) is 109 Å². The van der Waals surface area contributed by atoms with Crippen molar-refractivity contribution in [3.8, 4) is 12.1 Å². The van der Waals surface area contributed by atoms with Crippen LogP contribution in [-0.2, 0) is 0 Å². The maximum absolute atomic E-state index is 10.8. The molecule has 1 aliphatic heterocycles. The maximum Gasteiger partial charge on any atom is 0.409 e. The van der Waals surface area contributed by atoms with E-state index in [1.165, 1.54) is 0 Å². The van der Waals surface area contributed by atoms with Crippen LogP contribution in [0.2, 0.25) is 0 Å². The molecule has 0 saturated carbocycles. The van der Waals surface area contributed by atoms with Crippen molar-refractivity contribution in [2.45, 2.75) is 19.8 Å². The van der Waals surface area contributed by atoms with Crippen LogP contribution in [0.25, 0.3) is 0 Å². The molecular formula is C16H14N4O2. The lowest BCUT2D eigenvalue weighted by Crippen LogP contribution is -2.24. The number of hydrogen-bond acceptors (Lipinski definition) is 4. The highest BCUT2D eigenvalue weighted by Gasteiger charge is 2.33. The number of rotatable bonds is 2. The number of nitrogens with one attached hydrogen (secondary N) is 1. The van der Waals surface area contributed by atoms with Gasteiger partial charge in [0.05, 0.1) is 29.3 Å². The predicted octanol–water partition coefficient (Wildman–Crippen LogP) is 3.27. The molecule has 2 rings (SSSR count). The average molecular weight is 294 g/mol. The van der Waals surface area contributed by atoms with E-state index in [0.717, 1.165) is 0 Å². The first-order chi connectivity index (χ1) is 10.5. The van der Waals surface area contributed by atoms with E-state index in [2.05, 4.69) is 22.4 Å². The van der Waals surface area contributed by atoms with Crippen LogP contribution in [0.4, 0.5) is 10.5 Å². The lowest BCUT2D eigenvalue weighted by Gasteiger charge is -2.27. The van der Waals surface area contributed by atoms with Crippen molar-refractivity contribution in [3.63, 3.8) is 0 Å². The number of hydrogen-bond donors (Lipinski definition) is 2. The zero-order valence-electron chi connectivity index (χ0n) is 12.2. The van der Waals surface area contributed by atoms with Crippen LogP contribution >= 0.6 is 0 Å². The molecule has 2 atom stereocenters. The zero-order chi connectivity index (χ0) is 16.3. The molecule has 0 aliphatic carbocycles. The Morgan fingerprint density at radius 1 is 1.36 bits per heavy atom. The molecule has 2 N–H and O–H groups in total.